The minimum atomic E-state index is -0.664. The minimum absolute atomic E-state index is 0.242. The van der Waals surface area contributed by atoms with Gasteiger partial charge in [0.2, 0.25) is 0 Å². The molecule has 0 aliphatic carbocycles. The van der Waals surface area contributed by atoms with E-state index in [0.717, 1.165) is 5.56 Å². The lowest BCUT2D eigenvalue weighted by Crippen LogP contribution is -2.35. The van der Waals surface area contributed by atoms with Crippen LogP contribution in [0.5, 0.6) is 0 Å². The van der Waals surface area contributed by atoms with Crippen molar-refractivity contribution in [2.24, 2.45) is 0 Å². The molecule has 0 aromatic heterocycles. The Morgan fingerprint density at radius 3 is 2.26 bits per heavy atom. The van der Waals surface area contributed by atoms with Gasteiger partial charge in [-0.2, -0.15) is 0 Å². The molecule has 0 saturated heterocycles. The molecule has 0 N–H and O–H groups in total. The summed E-state index contributed by atoms with van der Waals surface area (Å²) < 4.78 is 10.3. The van der Waals surface area contributed by atoms with Gasteiger partial charge in [0.15, 0.2) is 0 Å². The second-order valence-electron chi connectivity index (χ2n) is 4.80. The van der Waals surface area contributed by atoms with Gasteiger partial charge in [0.25, 0.3) is 0 Å². The van der Waals surface area contributed by atoms with E-state index in [1.807, 2.05) is 37.3 Å². The normalized spacial score (nSPS) is 13.4. The SMILES string of the molecule is CC(=O)OCC[C@](C)(Cc1ccccc1)OC(C)=O. The lowest BCUT2D eigenvalue weighted by atomic mass is 9.93. The van der Waals surface area contributed by atoms with Crippen LogP contribution in [0, 0.1) is 0 Å². The van der Waals surface area contributed by atoms with E-state index >= 15 is 0 Å². The van der Waals surface area contributed by atoms with Crippen molar-refractivity contribution in [3.8, 4) is 0 Å². The van der Waals surface area contributed by atoms with E-state index in [2.05, 4.69) is 0 Å². The van der Waals surface area contributed by atoms with Crippen LogP contribution in [-0.2, 0) is 25.5 Å². The molecule has 0 radical (unpaired) electrons. The maximum atomic E-state index is 11.2. The third kappa shape index (κ3) is 6.04. The fourth-order valence-electron chi connectivity index (χ4n) is 1.96. The van der Waals surface area contributed by atoms with Crippen molar-refractivity contribution in [1.82, 2.24) is 0 Å². The number of carbonyl (C=O) groups excluding carboxylic acids is 2. The van der Waals surface area contributed by atoms with Crippen LogP contribution in [0.3, 0.4) is 0 Å². The van der Waals surface area contributed by atoms with Gasteiger partial charge in [0.05, 0.1) is 6.61 Å². The molecule has 1 aromatic carbocycles. The maximum Gasteiger partial charge on any atom is 0.303 e. The molecule has 19 heavy (non-hydrogen) atoms. The quantitative estimate of drug-likeness (QED) is 0.741. The first-order valence-electron chi connectivity index (χ1n) is 6.28. The molecule has 0 fully saturated rings. The number of ether oxygens (including phenoxy) is 2. The van der Waals surface area contributed by atoms with Crippen molar-refractivity contribution < 1.29 is 19.1 Å². The Morgan fingerprint density at radius 2 is 1.74 bits per heavy atom. The van der Waals surface area contributed by atoms with Gasteiger partial charge >= 0.3 is 11.9 Å². The molecular weight excluding hydrogens is 244 g/mol. The average Bonchev–Trinajstić information content (AvgIpc) is 2.28. The highest BCUT2D eigenvalue weighted by Crippen LogP contribution is 2.22. The molecule has 0 bridgehead atoms. The average molecular weight is 264 g/mol. The topological polar surface area (TPSA) is 52.6 Å². The van der Waals surface area contributed by atoms with Crippen LogP contribution in [0.1, 0.15) is 32.8 Å². The summed E-state index contributed by atoms with van der Waals surface area (Å²) in [7, 11) is 0. The molecule has 104 valence electrons. The van der Waals surface area contributed by atoms with Crippen molar-refractivity contribution in [2.45, 2.75) is 39.2 Å². The molecule has 0 spiro atoms. The van der Waals surface area contributed by atoms with E-state index in [-0.39, 0.29) is 18.5 Å². The van der Waals surface area contributed by atoms with Crippen molar-refractivity contribution in [2.75, 3.05) is 6.61 Å². The van der Waals surface area contributed by atoms with Gasteiger partial charge in [-0.1, -0.05) is 30.3 Å². The number of rotatable bonds is 6. The second-order valence-corrected chi connectivity index (χ2v) is 4.80. The van der Waals surface area contributed by atoms with E-state index < -0.39 is 5.60 Å². The molecule has 1 aromatic rings. The van der Waals surface area contributed by atoms with Gasteiger partial charge in [-0.25, -0.2) is 0 Å². The highest BCUT2D eigenvalue weighted by molar-refractivity contribution is 5.66. The Balaban J connectivity index is 2.69. The highest BCUT2D eigenvalue weighted by atomic mass is 16.6. The lowest BCUT2D eigenvalue weighted by Gasteiger charge is -2.29. The van der Waals surface area contributed by atoms with Gasteiger partial charge in [-0.3, -0.25) is 9.59 Å². The molecule has 4 heteroatoms. The Kier molecular flexibility index (Phi) is 5.55. The zero-order valence-corrected chi connectivity index (χ0v) is 11.6. The smallest absolute Gasteiger partial charge is 0.303 e. The van der Waals surface area contributed by atoms with E-state index in [0.29, 0.717) is 12.8 Å². The van der Waals surface area contributed by atoms with Crippen LogP contribution in [0.25, 0.3) is 0 Å². The highest BCUT2D eigenvalue weighted by Gasteiger charge is 2.28. The minimum Gasteiger partial charge on any atom is -0.466 e. The Labute approximate surface area is 113 Å². The predicted octanol–water partition coefficient (Wildman–Crippen LogP) is 2.50. The maximum absolute atomic E-state index is 11.2. The molecule has 0 aliphatic rings. The predicted molar refractivity (Wildman–Crippen MR) is 71.6 cm³/mol. The van der Waals surface area contributed by atoms with Crippen molar-refractivity contribution >= 4 is 11.9 Å². The van der Waals surface area contributed by atoms with Gasteiger partial charge < -0.3 is 9.47 Å². The first-order chi connectivity index (χ1) is 8.91. The van der Waals surface area contributed by atoms with E-state index in [4.69, 9.17) is 9.47 Å². The fraction of sp³-hybridized carbons (Fsp3) is 0.467. The van der Waals surface area contributed by atoms with Crippen LogP contribution in [-0.4, -0.2) is 24.1 Å². The van der Waals surface area contributed by atoms with E-state index in [9.17, 15) is 9.59 Å². The summed E-state index contributed by atoms with van der Waals surface area (Å²) in [5, 5.41) is 0. The van der Waals surface area contributed by atoms with Crippen molar-refractivity contribution in [1.29, 1.82) is 0 Å². The number of hydrogen-bond acceptors (Lipinski definition) is 4. The third-order valence-corrected chi connectivity index (χ3v) is 2.75. The van der Waals surface area contributed by atoms with Gasteiger partial charge in [-0.05, 0) is 12.5 Å². The summed E-state index contributed by atoms with van der Waals surface area (Å²) in [6, 6.07) is 9.78. The van der Waals surface area contributed by atoms with E-state index in [1.165, 1.54) is 13.8 Å². The standard InChI is InChI=1S/C15H20O4/c1-12(16)18-10-9-15(3,19-13(2)17)11-14-7-5-4-6-8-14/h4-8H,9-11H2,1-3H3/t15-/m1/s1. The van der Waals surface area contributed by atoms with E-state index in [1.54, 1.807) is 0 Å². The van der Waals surface area contributed by atoms with Crippen LogP contribution in [0.2, 0.25) is 0 Å². The summed E-state index contributed by atoms with van der Waals surface area (Å²) >= 11 is 0. The summed E-state index contributed by atoms with van der Waals surface area (Å²) in [4.78, 5) is 22.0. The second kappa shape index (κ2) is 6.92. The van der Waals surface area contributed by atoms with Crippen LogP contribution >= 0.6 is 0 Å². The van der Waals surface area contributed by atoms with Crippen molar-refractivity contribution in [3.05, 3.63) is 35.9 Å². The summed E-state index contributed by atoms with van der Waals surface area (Å²) in [5.74, 6) is -0.661. The first-order valence-corrected chi connectivity index (χ1v) is 6.28. The number of benzene rings is 1. The Bertz CT molecular complexity index is 427. The number of esters is 2. The van der Waals surface area contributed by atoms with Crippen LogP contribution in [0.15, 0.2) is 30.3 Å². The summed E-state index contributed by atoms with van der Waals surface area (Å²) in [5.41, 5.74) is 0.414. The van der Waals surface area contributed by atoms with Gasteiger partial charge in [-0.15, -0.1) is 0 Å². The molecule has 1 atom stereocenters. The molecule has 0 aliphatic heterocycles. The third-order valence-electron chi connectivity index (χ3n) is 2.75. The van der Waals surface area contributed by atoms with Crippen molar-refractivity contribution in [3.63, 3.8) is 0 Å². The lowest BCUT2D eigenvalue weighted by molar-refractivity contribution is -0.158. The van der Waals surface area contributed by atoms with Crippen LogP contribution in [0.4, 0.5) is 0 Å². The first kappa shape index (κ1) is 15.2. The fourth-order valence-corrected chi connectivity index (χ4v) is 1.96. The Morgan fingerprint density at radius 1 is 1.11 bits per heavy atom. The van der Waals surface area contributed by atoms with Gasteiger partial charge in [0, 0.05) is 26.7 Å². The summed E-state index contributed by atoms with van der Waals surface area (Å²) in [6.45, 7) is 4.84. The van der Waals surface area contributed by atoms with Gasteiger partial charge in [0.1, 0.15) is 5.60 Å². The molecule has 0 unspecified atom stereocenters. The largest absolute Gasteiger partial charge is 0.466 e. The zero-order chi connectivity index (χ0) is 14.3. The molecule has 4 nitrogen and oxygen atoms in total. The number of carbonyl (C=O) groups is 2. The molecule has 0 amide bonds. The molecule has 0 heterocycles. The van der Waals surface area contributed by atoms with Crippen LogP contribution < -0.4 is 0 Å². The zero-order valence-electron chi connectivity index (χ0n) is 11.6. The summed E-state index contributed by atoms with van der Waals surface area (Å²) in [6.07, 6.45) is 1.07. The molecule has 0 saturated carbocycles. The number of hydrogen-bond donors (Lipinski definition) is 0. The molecular formula is C15H20O4. The molecule has 1 rings (SSSR count). The monoisotopic (exact) mass is 264 g/mol. The Hall–Kier alpha value is -1.84.